The number of likely N-dealkylation sites (tertiary alicyclic amines) is 1. The number of piperidine rings is 1. The van der Waals surface area contributed by atoms with Gasteiger partial charge in [0.2, 0.25) is 5.88 Å². The Morgan fingerprint density at radius 2 is 1.68 bits per heavy atom. The zero-order chi connectivity index (χ0) is 29.8. The smallest absolute Gasteiger partial charge is 0.475 e. The van der Waals surface area contributed by atoms with Gasteiger partial charge >= 0.3 is 12.1 Å². The van der Waals surface area contributed by atoms with Crippen LogP contribution in [0.3, 0.4) is 0 Å². The number of rotatable bonds is 4. The summed E-state index contributed by atoms with van der Waals surface area (Å²) in [5.74, 6) is -6.78. The van der Waals surface area contributed by atoms with E-state index in [1.807, 2.05) is 12.1 Å². The van der Waals surface area contributed by atoms with Crippen LogP contribution < -0.4 is 4.74 Å². The summed E-state index contributed by atoms with van der Waals surface area (Å²) in [6.45, 7) is -0.532. The number of hydrogen-bond acceptors (Lipinski definition) is 6. The average Bonchev–Trinajstić information content (AvgIpc) is 2.94. The lowest BCUT2D eigenvalue weighted by Crippen LogP contribution is -2.55. The van der Waals surface area contributed by atoms with Gasteiger partial charge in [-0.2, -0.15) is 13.2 Å². The zero-order valence-electron chi connectivity index (χ0n) is 20.9. The van der Waals surface area contributed by atoms with Crippen molar-refractivity contribution in [2.24, 2.45) is 0 Å². The van der Waals surface area contributed by atoms with Gasteiger partial charge in [-0.3, -0.25) is 4.79 Å². The Morgan fingerprint density at radius 1 is 1.00 bits per heavy atom. The SMILES string of the molecule is O=C(O)C(F)(F)F.O=C(c1ccc(F)cc1-c1ncccn1)N1CCC(F)(F)C(Oc2ccc3ccccc3n2)C1. The minimum atomic E-state index is -5.08. The van der Waals surface area contributed by atoms with Crippen molar-refractivity contribution in [3.63, 3.8) is 0 Å². The minimum Gasteiger partial charge on any atom is -0.475 e. The number of carboxylic acids is 1. The molecule has 1 atom stereocenters. The van der Waals surface area contributed by atoms with Crippen LogP contribution in [0.5, 0.6) is 5.88 Å². The van der Waals surface area contributed by atoms with Gasteiger partial charge in [-0.15, -0.1) is 0 Å². The van der Waals surface area contributed by atoms with Gasteiger partial charge in [0.25, 0.3) is 11.8 Å². The molecular formula is C27H20F6N4O4. The Balaban J connectivity index is 0.000000493. The van der Waals surface area contributed by atoms with Crippen molar-refractivity contribution in [1.82, 2.24) is 19.9 Å². The van der Waals surface area contributed by atoms with Crippen molar-refractivity contribution in [2.45, 2.75) is 24.6 Å². The predicted molar refractivity (Wildman–Crippen MR) is 133 cm³/mol. The van der Waals surface area contributed by atoms with Gasteiger partial charge < -0.3 is 14.7 Å². The summed E-state index contributed by atoms with van der Waals surface area (Å²) in [6.07, 6.45) is -4.29. The summed E-state index contributed by atoms with van der Waals surface area (Å²) in [4.78, 5) is 36.0. The molecule has 0 aliphatic carbocycles. The molecule has 1 unspecified atom stereocenters. The highest BCUT2D eigenvalue weighted by Crippen LogP contribution is 2.33. The number of aromatic nitrogens is 3. The monoisotopic (exact) mass is 578 g/mol. The van der Waals surface area contributed by atoms with Crippen LogP contribution >= 0.6 is 0 Å². The Bertz CT molecular complexity index is 1550. The lowest BCUT2D eigenvalue weighted by atomic mass is 10.00. The number of hydrogen-bond donors (Lipinski definition) is 1. The summed E-state index contributed by atoms with van der Waals surface area (Å²) in [7, 11) is 0. The highest BCUT2D eigenvalue weighted by molar-refractivity contribution is 6.00. The van der Waals surface area contributed by atoms with Crippen LogP contribution in [0.25, 0.3) is 22.3 Å². The van der Waals surface area contributed by atoms with Crippen LogP contribution in [-0.4, -0.2) is 68.1 Å². The number of para-hydroxylation sites is 1. The lowest BCUT2D eigenvalue weighted by Gasteiger charge is -2.38. The van der Waals surface area contributed by atoms with Crippen LogP contribution in [0.15, 0.2) is 73.1 Å². The Kier molecular flexibility index (Phi) is 8.40. The normalized spacial score (nSPS) is 16.4. The molecule has 1 N–H and O–H groups in total. The Hall–Kier alpha value is -4.75. The number of carboxylic acid groups (broad SMARTS) is 1. The molecule has 0 spiro atoms. The van der Waals surface area contributed by atoms with Gasteiger partial charge in [-0.25, -0.2) is 32.9 Å². The molecule has 3 heterocycles. The first-order valence-electron chi connectivity index (χ1n) is 11.9. The number of pyridine rings is 1. The fraction of sp³-hybridized carbons (Fsp3) is 0.222. The van der Waals surface area contributed by atoms with Gasteiger partial charge in [0, 0.05) is 42.4 Å². The molecule has 14 heteroatoms. The van der Waals surface area contributed by atoms with E-state index in [2.05, 4.69) is 15.0 Å². The van der Waals surface area contributed by atoms with Gasteiger partial charge in [-0.05, 0) is 36.4 Å². The number of ether oxygens (including phenoxy) is 1. The average molecular weight is 578 g/mol. The standard InChI is InChI=1S/C25H19F3N4O2.C2HF3O2/c26-17-7-8-18(19(14-17)23-29-11-3-12-30-23)24(33)32-13-10-25(27,28)21(15-32)34-22-9-6-16-4-1-2-5-20(16)31-22;3-2(4,5)1(6)7/h1-9,11-12,14,21H,10,13,15H2;(H,6,7). The van der Waals surface area contributed by atoms with E-state index in [9.17, 15) is 31.1 Å². The first-order chi connectivity index (χ1) is 19.3. The number of halogens is 6. The molecule has 5 rings (SSSR count). The molecule has 214 valence electrons. The maximum absolute atomic E-state index is 14.7. The van der Waals surface area contributed by atoms with Crippen molar-refractivity contribution < 1.29 is 45.8 Å². The Morgan fingerprint density at radius 3 is 2.37 bits per heavy atom. The third-order valence-electron chi connectivity index (χ3n) is 5.96. The van der Waals surface area contributed by atoms with Crippen LogP contribution in [-0.2, 0) is 4.79 Å². The van der Waals surface area contributed by atoms with E-state index in [-0.39, 0.29) is 35.9 Å². The quantitative estimate of drug-likeness (QED) is 0.324. The molecule has 1 fully saturated rings. The molecule has 1 aliphatic rings. The minimum absolute atomic E-state index is 0.0535. The number of amides is 1. The lowest BCUT2D eigenvalue weighted by molar-refractivity contribution is -0.192. The number of aliphatic carboxylic acids is 1. The van der Waals surface area contributed by atoms with Gasteiger partial charge in [0.1, 0.15) is 5.82 Å². The first kappa shape index (κ1) is 29.2. The summed E-state index contributed by atoms with van der Waals surface area (Å²) < 4.78 is 80.8. The number of alkyl halides is 5. The highest BCUT2D eigenvalue weighted by atomic mass is 19.4. The van der Waals surface area contributed by atoms with E-state index < -0.39 is 42.3 Å². The molecular weight excluding hydrogens is 558 g/mol. The molecule has 0 radical (unpaired) electrons. The van der Waals surface area contributed by atoms with Crippen LogP contribution in [0, 0.1) is 5.82 Å². The highest BCUT2D eigenvalue weighted by Gasteiger charge is 2.47. The largest absolute Gasteiger partial charge is 0.490 e. The summed E-state index contributed by atoms with van der Waals surface area (Å²) >= 11 is 0. The maximum Gasteiger partial charge on any atom is 0.490 e. The molecule has 1 aliphatic heterocycles. The second-order valence-corrected chi connectivity index (χ2v) is 8.78. The first-order valence-corrected chi connectivity index (χ1v) is 11.9. The third-order valence-corrected chi connectivity index (χ3v) is 5.96. The van der Waals surface area contributed by atoms with Gasteiger partial charge in [0.05, 0.1) is 17.6 Å². The topological polar surface area (TPSA) is 106 Å². The van der Waals surface area contributed by atoms with Crippen LogP contribution in [0.2, 0.25) is 0 Å². The van der Waals surface area contributed by atoms with Crippen molar-refractivity contribution >= 4 is 22.8 Å². The summed E-state index contributed by atoms with van der Waals surface area (Å²) in [5, 5.41) is 7.98. The second kappa shape index (κ2) is 11.8. The molecule has 2 aromatic carbocycles. The fourth-order valence-corrected chi connectivity index (χ4v) is 3.93. The van der Waals surface area contributed by atoms with E-state index in [0.29, 0.717) is 5.52 Å². The van der Waals surface area contributed by atoms with E-state index in [1.165, 1.54) is 29.4 Å². The molecule has 2 aromatic heterocycles. The molecule has 0 saturated carbocycles. The summed E-state index contributed by atoms with van der Waals surface area (Å²) in [6, 6.07) is 15.8. The third kappa shape index (κ3) is 7.07. The molecule has 4 aromatic rings. The van der Waals surface area contributed by atoms with E-state index in [0.717, 1.165) is 17.5 Å². The van der Waals surface area contributed by atoms with Crippen LogP contribution in [0.1, 0.15) is 16.8 Å². The fourth-order valence-electron chi connectivity index (χ4n) is 3.93. The Labute approximate surface area is 228 Å². The number of carbonyl (C=O) groups excluding carboxylic acids is 1. The molecule has 1 saturated heterocycles. The van der Waals surface area contributed by atoms with Crippen molar-refractivity contribution in [2.75, 3.05) is 13.1 Å². The van der Waals surface area contributed by atoms with E-state index in [1.54, 1.807) is 24.3 Å². The summed E-state index contributed by atoms with van der Waals surface area (Å²) in [5.41, 5.74) is 0.933. The number of carbonyl (C=O) groups is 2. The van der Waals surface area contributed by atoms with Gasteiger partial charge in [0.15, 0.2) is 11.9 Å². The van der Waals surface area contributed by atoms with Gasteiger partial charge in [-0.1, -0.05) is 18.2 Å². The number of benzene rings is 2. The molecule has 0 bridgehead atoms. The van der Waals surface area contributed by atoms with Crippen molar-refractivity contribution in [3.05, 3.63) is 84.4 Å². The van der Waals surface area contributed by atoms with Crippen LogP contribution in [0.4, 0.5) is 26.3 Å². The molecule has 41 heavy (non-hydrogen) atoms. The zero-order valence-corrected chi connectivity index (χ0v) is 20.9. The second-order valence-electron chi connectivity index (χ2n) is 8.78. The maximum atomic E-state index is 14.7. The van der Waals surface area contributed by atoms with E-state index >= 15 is 0 Å². The number of nitrogens with zero attached hydrogens (tertiary/aromatic N) is 4. The molecule has 8 nitrogen and oxygen atoms in total. The van der Waals surface area contributed by atoms with Crippen molar-refractivity contribution in [3.8, 4) is 17.3 Å². The van der Waals surface area contributed by atoms with E-state index in [4.69, 9.17) is 14.6 Å². The number of fused-ring (bicyclic) bond motifs is 1. The van der Waals surface area contributed by atoms with Crippen molar-refractivity contribution in [1.29, 1.82) is 0 Å². The predicted octanol–water partition coefficient (Wildman–Crippen LogP) is 5.39. The molecule has 1 amide bonds.